The van der Waals surface area contributed by atoms with Crippen molar-refractivity contribution < 1.29 is 23.8 Å². The number of amides is 2. The second-order valence-corrected chi connectivity index (χ2v) is 5.96. The van der Waals surface area contributed by atoms with Crippen molar-refractivity contribution in [3.8, 4) is 17.2 Å². The SMILES string of the molecule is COc1cc(OC)cc(C(=O)NNC(=O)c2ccc(SC)cc2OC)c1. The van der Waals surface area contributed by atoms with E-state index >= 15 is 0 Å². The normalized spacial score (nSPS) is 10.0. The number of hydrogen-bond acceptors (Lipinski definition) is 6. The van der Waals surface area contributed by atoms with Gasteiger partial charge < -0.3 is 14.2 Å². The van der Waals surface area contributed by atoms with Crippen LogP contribution in [0.4, 0.5) is 0 Å². The van der Waals surface area contributed by atoms with Crippen LogP contribution in [0.1, 0.15) is 20.7 Å². The lowest BCUT2D eigenvalue weighted by Gasteiger charge is -2.12. The number of methoxy groups -OCH3 is 3. The largest absolute Gasteiger partial charge is 0.497 e. The predicted octanol–water partition coefficient (Wildman–Crippen LogP) is 2.51. The number of ether oxygens (including phenoxy) is 3. The molecule has 0 unspecified atom stereocenters. The first-order valence-electron chi connectivity index (χ1n) is 7.58. The highest BCUT2D eigenvalue weighted by molar-refractivity contribution is 7.98. The summed E-state index contributed by atoms with van der Waals surface area (Å²) in [5, 5.41) is 0. The molecule has 0 saturated heterocycles. The van der Waals surface area contributed by atoms with Crippen LogP contribution in [-0.2, 0) is 0 Å². The zero-order valence-electron chi connectivity index (χ0n) is 14.9. The molecule has 0 aliphatic heterocycles. The van der Waals surface area contributed by atoms with Crippen LogP contribution in [-0.4, -0.2) is 39.4 Å². The summed E-state index contributed by atoms with van der Waals surface area (Å²) in [5.74, 6) is 0.366. The molecule has 7 nitrogen and oxygen atoms in total. The van der Waals surface area contributed by atoms with Gasteiger partial charge in [-0.1, -0.05) is 0 Å². The average molecular weight is 376 g/mol. The Morgan fingerprint density at radius 3 is 2.00 bits per heavy atom. The van der Waals surface area contributed by atoms with Crippen molar-refractivity contribution in [1.82, 2.24) is 10.9 Å². The average Bonchev–Trinajstić information content (AvgIpc) is 2.70. The van der Waals surface area contributed by atoms with E-state index < -0.39 is 11.8 Å². The predicted molar refractivity (Wildman–Crippen MR) is 99.3 cm³/mol. The zero-order chi connectivity index (χ0) is 19.1. The molecular formula is C18H20N2O5S. The number of thioether (sulfide) groups is 1. The first-order chi connectivity index (χ1) is 12.5. The van der Waals surface area contributed by atoms with Gasteiger partial charge in [-0.05, 0) is 36.6 Å². The van der Waals surface area contributed by atoms with Gasteiger partial charge >= 0.3 is 0 Å². The molecular weight excluding hydrogens is 356 g/mol. The summed E-state index contributed by atoms with van der Waals surface area (Å²) in [6.45, 7) is 0. The molecule has 2 aromatic rings. The third-order valence-electron chi connectivity index (χ3n) is 3.56. The van der Waals surface area contributed by atoms with Crippen LogP contribution in [0.3, 0.4) is 0 Å². The van der Waals surface area contributed by atoms with E-state index in [-0.39, 0.29) is 5.56 Å². The van der Waals surface area contributed by atoms with Crippen molar-refractivity contribution in [1.29, 1.82) is 0 Å². The van der Waals surface area contributed by atoms with Gasteiger partial charge in [0.05, 0.1) is 26.9 Å². The molecule has 138 valence electrons. The Morgan fingerprint density at radius 2 is 1.46 bits per heavy atom. The molecule has 0 bridgehead atoms. The molecule has 0 heterocycles. The lowest BCUT2D eigenvalue weighted by Crippen LogP contribution is -2.41. The van der Waals surface area contributed by atoms with Gasteiger partial charge in [0.25, 0.3) is 11.8 Å². The van der Waals surface area contributed by atoms with Gasteiger partial charge in [-0.3, -0.25) is 20.4 Å². The summed E-state index contributed by atoms with van der Waals surface area (Å²) < 4.78 is 15.5. The van der Waals surface area contributed by atoms with Crippen LogP contribution in [0, 0.1) is 0 Å². The zero-order valence-corrected chi connectivity index (χ0v) is 15.7. The molecule has 26 heavy (non-hydrogen) atoms. The minimum atomic E-state index is -0.504. The molecule has 0 fully saturated rings. The van der Waals surface area contributed by atoms with E-state index in [1.165, 1.54) is 45.2 Å². The molecule has 2 rings (SSSR count). The summed E-state index contributed by atoms with van der Waals surface area (Å²) in [6, 6.07) is 9.93. The van der Waals surface area contributed by atoms with Crippen molar-refractivity contribution in [3.05, 3.63) is 47.5 Å². The third kappa shape index (κ3) is 4.60. The minimum absolute atomic E-state index is 0.284. The fourth-order valence-electron chi connectivity index (χ4n) is 2.18. The van der Waals surface area contributed by atoms with Crippen LogP contribution < -0.4 is 25.1 Å². The first kappa shape index (κ1) is 19.5. The lowest BCUT2D eigenvalue weighted by atomic mass is 10.2. The molecule has 0 radical (unpaired) electrons. The Kier molecular flexibility index (Phi) is 6.74. The van der Waals surface area contributed by atoms with Gasteiger partial charge in [-0.15, -0.1) is 11.8 Å². The van der Waals surface area contributed by atoms with E-state index in [1.807, 2.05) is 6.26 Å². The number of rotatable bonds is 6. The maximum Gasteiger partial charge on any atom is 0.273 e. The standard InChI is InChI=1S/C18H20N2O5S/c1-23-12-7-11(8-13(9-12)24-2)17(21)19-20-18(22)15-6-5-14(26-4)10-16(15)25-3/h5-10H,1-4H3,(H,19,21)(H,20,22). The fraction of sp³-hybridized carbons (Fsp3) is 0.222. The molecule has 2 aromatic carbocycles. The second-order valence-electron chi connectivity index (χ2n) is 5.08. The second kappa shape index (κ2) is 9.00. The Morgan fingerprint density at radius 1 is 0.846 bits per heavy atom. The lowest BCUT2D eigenvalue weighted by molar-refractivity contribution is 0.0844. The smallest absolute Gasteiger partial charge is 0.273 e. The van der Waals surface area contributed by atoms with E-state index in [2.05, 4.69) is 10.9 Å². The monoisotopic (exact) mass is 376 g/mol. The van der Waals surface area contributed by atoms with E-state index in [0.29, 0.717) is 22.8 Å². The van der Waals surface area contributed by atoms with Gasteiger partial charge in [0.1, 0.15) is 17.2 Å². The number of carbonyl (C=O) groups excluding carboxylic acids is 2. The molecule has 8 heteroatoms. The number of carbonyl (C=O) groups is 2. The fourth-order valence-corrected chi connectivity index (χ4v) is 2.61. The Hall–Kier alpha value is -2.87. The van der Waals surface area contributed by atoms with E-state index in [9.17, 15) is 9.59 Å². The highest BCUT2D eigenvalue weighted by Crippen LogP contribution is 2.25. The van der Waals surface area contributed by atoms with Crippen molar-refractivity contribution in [3.63, 3.8) is 0 Å². The van der Waals surface area contributed by atoms with Crippen LogP contribution in [0.5, 0.6) is 17.2 Å². The van der Waals surface area contributed by atoms with E-state index in [1.54, 1.807) is 24.3 Å². The summed E-state index contributed by atoms with van der Waals surface area (Å²) >= 11 is 1.54. The van der Waals surface area contributed by atoms with Gasteiger partial charge in [0, 0.05) is 16.5 Å². The van der Waals surface area contributed by atoms with Crippen molar-refractivity contribution in [2.24, 2.45) is 0 Å². The quantitative estimate of drug-likeness (QED) is 0.595. The number of hydrazine groups is 1. The Balaban J connectivity index is 2.11. The molecule has 0 aliphatic carbocycles. The number of benzene rings is 2. The molecule has 0 aliphatic rings. The van der Waals surface area contributed by atoms with Crippen LogP contribution in [0.15, 0.2) is 41.3 Å². The summed E-state index contributed by atoms with van der Waals surface area (Å²) in [6.07, 6.45) is 1.93. The Bertz CT molecular complexity index is 788. The van der Waals surface area contributed by atoms with Gasteiger partial charge in [0.2, 0.25) is 0 Å². The molecule has 2 amide bonds. The van der Waals surface area contributed by atoms with E-state index in [0.717, 1.165) is 4.90 Å². The summed E-state index contributed by atoms with van der Waals surface area (Å²) in [4.78, 5) is 25.6. The minimum Gasteiger partial charge on any atom is -0.497 e. The topological polar surface area (TPSA) is 85.9 Å². The highest BCUT2D eigenvalue weighted by Gasteiger charge is 2.15. The molecule has 0 atom stereocenters. The molecule has 0 saturated carbocycles. The maximum atomic E-state index is 12.3. The van der Waals surface area contributed by atoms with Crippen LogP contribution >= 0.6 is 11.8 Å². The van der Waals surface area contributed by atoms with Crippen LogP contribution in [0.25, 0.3) is 0 Å². The van der Waals surface area contributed by atoms with Crippen molar-refractivity contribution in [2.45, 2.75) is 4.90 Å². The summed E-state index contributed by atoms with van der Waals surface area (Å²) in [5.41, 5.74) is 5.34. The van der Waals surface area contributed by atoms with Gasteiger partial charge in [-0.25, -0.2) is 0 Å². The van der Waals surface area contributed by atoms with Gasteiger partial charge in [0.15, 0.2) is 0 Å². The Labute approximate surface area is 156 Å². The first-order valence-corrected chi connectivity index (χ1v) is 8.80. The summed E-state index contributed by atoms with van der Waals surface area (Å²) in [7, 11) is 4.46. The van der Waals surface area contributed by atoms with Gasteiger partial charge in [-0.2, -0.15) is 0 Å². The number of hydrogen-bond donors (Lipinski definition) is 2. The maximum absolute atomic E-state index is 12.3. The van der Waals surface area contributed by atoms with Crippen molar-refractivity contribution in [2.75, 3.05) is 27.6 Å². The van der Waals surface area contributed by atoms with Crippen molar-refractivity contribution >= 4 is 23.6 Å². The van der Waals surface area contributed by atoms with E-state index in [4.69, 9.17) is 14.2 Å². The molecule has 0 spiro atoms. The molecule has 0 aromatic heterocycles. The highest BCUT2D eigenvalue weighted by atomic mass is 32.2. The number of nitrogens with one attached hydrogen (secondary N) is 2. The molecule has 2 N–H and O–H groups in total. The third-order valence-corrected chi connectivity index (χ3v) is 4.28. The van der Waals surface area contributed by atoms with Crippen LogP contribution in [0.2, 0.25) is 0 Å².